The molecule has 2 aromatic rings. The molecule has 4 nitrogen and oxygen atoms in total. The van der Waals surface area contributed by atoms with E-state index in [9.17, 15) is 14.7 Å². The van der Waals surface area contributed by atoms with Crippen molar-refractivity contribution in [3.63, 3.8) is 0 Å². The van der Waals surface area contributed by atoms with Crippen LogP contribution in [0.1, 0.15) is 30.9 Å². The molecule has 0 aliphatic rings. The summed E-state index contributed by atoms with van der Waals surface area (Å²) in [6, 6.07) is 19.0. The van der Waals surface area contributed by atoms with E-state index in [4.69, 9.17) is 0 Å². The molecule has 0 fully saturated rings. The van der Waals surface area contributed by atoms with Crippen molar-refractivity contribution in [1.82, 2.24) is 4.90 Å². The Balaban J connectivity index is 2.41. The summed E-state index contributed by atoms with van der Waals surface area (Å²) in [6.45, 7) is 4.08. The van der Waals surface area contributed by atoms with Gasteiger partial charge in [-0.3, -0.25) is 9.59 Å². The topological polar surface area (TPSA) is 57.6 Å². The fraction of sp³-hybridized carbons (Fsp3) is 0.300. The maximum absolute atomic E-state index is 13.2. The number of nitrogens with zero attached hydrogens (tertiary/aromatic N) is 1. The molecule has 4 heteroatoms. The minimum atomic E-state index is -0.996. The van der Waals surface area contributed by atoms with E-state index in [0.717, 1.165) is 11.1 Å². The van der Waals surface area contributed by atoms with Crippen LogP contribution in [0.3, 0.4) is 0 Å². The lowest BCUT2D eigenvalue weighted by molar-refractivity contribution is -0.145. The monoisotopic (exact) mass is 325 g/mol. The predicted octanol–water partition coefficient (Wildman–Crippen LogP) is 3.39. The van der Waals surface area contributed by atoms with Gasteiger partial charge in [0, 0.05) is 6.54 Å². The molecule has 0 aromatic heterocycles. The smallest absolute Gasteiger partial charge is 0.323 e. The van der Waals surface area contributed by atoms with Crippen molar-refractivity contribution in [3.05, 3.63) is 71.8 Å². The molecule has 0 saturated heterocycles. The summed E-state index contributed by atoms with van der Waals surface area (Å²) < 4.78 is 0. The van der Waals surface area contributed by atoms with Crippen LogP contribution in [0.25, 0.3) is 0 Å². The zero-order chi connectivity index (χ0) is 17.5. The fourth-order valence-electron chi connectivity index (χ4n) is 2.79. The normalized spacial score (nSPS) is 10.8. The zero-order valence-corrected chi connectivity index (χ0v) is 14.1. The quantitative estimate of drug-likeness (QED) is 0.849. The molecule has 0 unspecified atom stereocenters. The van der Waals surface area contributed by atoms with Crippen LogP contribution in [-0.4, -0.2) is 35.0 Å². The highest BCUT2D eigenvalue weighted by Crippen LogP contribution is 2.27. The minimum absolute atomic E-state index is 0.177. The van der Waals surface area contributed by atoms with Crippen LogP contribution in [0.2, 0.25) is 0 Å². The van der Waals surface area contributed by atoms with E-state index in [2.05, 4.69) is 0 Å². The number of carboxylic acids is 1. The molecule has 0 aliphatic heterocycles. The first-order chi connectivity index (χ1) is 11.5. The third-order valence-corrected chi connectivity index (χ3v) is 3.74. The van der Waals surface area contributed by atoms with Crippen LogP contribution in [0, 0.1) is 5.92 Å². The lowest BCUT2D eigenvalue weighted by Crippen LogP contribution is -2.41. The van der Waals surface area contributed by atoms with Crippen molar-refractivity contribution < 1.29 is 14.7 Å². The molecule has 0 atom stereocenters. The number of amides is 1. The van der Waals surface area contributed by atoms with Crippen LogP contribution < -0.4 is 0 Å². The summed E-state index contributed by atoms with van der Waals surface area (Å²) in [4.78, 5) is 25.8. The Morgan fingerprint density at radius 2 is 1.38 bits per heavy atom. The molecule has 0 aliphatic carbocycles. The first-order valence-corrected chi connectivity index (χ1v) is 8.09. The van der Waals surface area contributed by atoms with Crippen LogP contribution in [-0.2, 0) is 9.59 Å². The summed E-state index contributed by atoms with van der Waals surface area (Å²) in [6.07, 6.45) is 0. The number of benzene rings is 2. The number of carboxylic acid groups (broad SMARTS) is 1. The molecule has 1 N–H and O–H groups in total. The first kappa shape index (κ1) is 17.7. The van der Waals surface area contributed by atoms with Gasteiger partial charge in [-0.1, -0.05) is 74.5 Å². The highest BCUT2D eigenvalue weighted by molar-refractivity contribution is 5.89. The molecule has 0 saturated carbocycles. The Morgan fingerprint density at radius 1 is 0.917 bits per heavy atom. The second-order valence-corrected chi connectivity index (χ2v) is 6.26. The Labute approximate surface area is 142 Å². The van der Waals surface area contributed by atoms with Crippen LogP contribution in [0.15, 0.2) is 60.7 Å². The molecule has 1 amide bonds. The molecule has 0 radical (unpaired) electrons. The number of hydrogen-bond donors (Lipinski definition) is 1. The molecular weight excluding hydrogens is 302 g/mol. The molecule has 0 spiro atoms. The number of rotatable bonds is 7. The number of carbonyl (C=O) groups excluding carboxylic acids is 1. The largest absolute Gasteiger partial charge is 0.480 e. The van der Waals surface area contributed by atoms with E-state index in [1.54, 1.807) is 0 Å². The van der Waals surface area contributed by atoms with Crippen molar-refractivity contribution >= 4 is 11.9 Å². The van der Waals surface area contributed by atoms with E-state index in [1.807, 2.05) is 74.5 Å². The van der Waals surface area contributed by atoms with Crippen molar-refractivity contribution in [2.75, 3.05) is 13.1 Å². The SMILES string of the molecule is CC(C)CN(CC(=O)O)C(=O)C(c1ccccc1)c1ccccc1. The van der Waals surface area contributed by atoms with Gasteiger partial charge in [-0.05, 0) is 17.0 Å². The average molecular weight is 325 g/mol. The fourth-order valence-corrected chi connectivity index (χ4v) is 2.79. The maximum atomic E-state index is 13.2. The van der Waals surface area contributed by atoms with E-state index in [0.29, 0.717) is 6.54 Å². The molecule has 2 rings (SSSR count). The van der Waals surface area contributed by atoms with Gasteiger partial charge < -0.3 is 10.0 Å². The van der Waals surface area contributed by atoms with Gasteiger partial charge in [-0.15, -0.1) is 0 Å². The minimum Gasteiger partial charge on any atom is -0.480 e. The first-order valence-electron chi connectivity index (χ1n) is 8.09. The Morgan fingerprint density at radius 3 is 1.75 bits per heavy atom. The number of aliphatic carboxylic acids is 1. The van der Waals surface area contributed by atoms with Crippen molar-refractivity contribution in [2.24, 2.45) is 5.92 Å². The molecule has 24 heavy (non-hydrogen) atoms. The van der Waals surface area contributed by atoms with Crippen LogP contribution >= 0.6 is 0 Å². The van der Waals surface area contributed by atoms with Gasteiger partial charge in [0.2, 0.25) is 5.91 Å². The summed E-state index contributed by atoms with van der Waals surface area (Å²) in [5.41, 5.74) is 1.74. The highest BCUT2D eigenvalue weighted by Gasteiger charge is 2.28. The summed E-state index contributed by atoms with van der Waals surface area (Å²) in [5, 5.41) is 9.17. The standard InChI is InChI=1S/C20H23NO3/c1-15(2)13-21(14-18(22)23)20(24)19(16-9-5-3-6-10-16)17-11-7-4-8-12-17/h3-12,15,19H,13-14H2,1-2H3,(H,22,23). The predicted molar refractivity (Wildman–Crippen MR) is 93.8 cm³/mol. The van der Waals surface area contributed by atoms with Gasteiger partial charge >= 0.3 is 5.97 Å². The lowest BCUT2D eigenvalue weighted by atomic mass is 9.89. The van der Waals surface area contributed by atoms with E-state index in [-0.39, 0.29) is 18.4 Å². The van der Waals surface area contributed by atoms with Crippen molar-refractivity contribution in [3.8, 4) is 0 Å². The Kier molecular flexibility index (Phi) is 6.13. The zero-order valence-electron chi connectivity index (χ0n) is 14.1. The summed E-state index contributed by atoms with van der Waals surface area (Å²) >= 11 is 0. The number of carbonyl (C=O) groups is 2. The Hall–Kier alpha value is -2.62. The van der Waals surface area contributed by atoms with Crippen LogP contribution in [0.4, 0.5) is 0 Å². The third kappa shape index (κ3) is 4.69. The molecule has 126 valence electrons. The van der Waals surface area contributed by atoms with E-state index < -0.39 is 11.9 Å². The maximum Gasteiger partial charge on any atom is 0.323 e. The Bertz CT molecular complexity index is 628. The van der Waals surface area contributed by atoms with Gasteiger partial charge in [-0.2, -0.15) is 0 Å². The van der Waals surface area contributed by atoms with E-state index >= 15 is 0 Å². The highest BCUT2D eigenvalue weighted by atomic mass is 16.4. The summed E-state index contributed by atoms with van der Waals surface area (Å²) in [7, 11) is 0. The average Bonchev–Trinajstić information content (AvgIpc) is 2.55. The van der Waals surface area contributed by atoms with Crippen molar-refractivity contribution in [2.45, 2.75) is 19.8 Å². The van der Waals surface area contributed by atoms with Gasteiger partial charge in [0.25, 0.3) is 0 Å². The van der Waals surface area contributed by atoms with E-state index in [1.165, 1.54) is 4.90 Å². The van der Waals surface area contributed by atoms with Gasteiger partial charge in [0.05, 0.1) is 5.92 Å². The van der Waals surface area contributed by atoms with Gasteiger partial charge in [0.1, 0.15) is 6.54 Å². The lowest BCUT2D eigenvalue weighted by Gasteiger charge is -2.28. The number of hydrogen-bond acceptors (Lipinski definition) is 2. The molecule has 0 bridgehead atoms. The third-order valence-electron chi connectivity index (χ3n) is 3.74. The molecule has 0 heterocycles. The van der Waals surface area contributed by atoms with Gasteiger partial charge in [-0.25, -0.2) is 0 Å². The van der Waals surface area contributed by atoms with Gasteiger partial charge in [0.15, 0.2) is 0 Å². The molecule has 2 aromatic carbocycles. The van der Waals surface area contributed by atoms with Crippen LogP contribution in [0.5, 0.6) is 0 Å². The second-order valence-electron chi connectivity index (χ2n) is 6.26. The second kappa shape index (κ2) is 8.29. The summed E-state index contributed by atoms with van der Waals surface area (Å²) in [5.74, 6) is -1.47. The molecular formula is C20H23NO3. The van der Waals surface area contributed by atoms with Crippen molar-refractivity contribution in [1.29, 1.82) is 0 Å².